The standard InChI is InChI=1S/C14H21BrN2/c1-10-5-3-2-4-6-13(10)17-14-9-11(15)7-8-12(14)16/h7-10,13,17H,2-6,16H2,1H3. The minimum Gasteiger partial charge on any atom is -0.397 e. The molecular weight excluding hydrogens is 276 g/mol. The zero-order valence-corrected chi connectivity index (χ0v) is 12.0. The summed E-state index contributed by atoms with van der Waals surface area (Å²) in [4.78, 5) is 0. The number of nitrogen functional groups attached to an aromatic ring is 1. The lowest BCUT2D eigenvalue weighted by Crippen LogP contribution is -2.26. The van der Waals surface area contributed by atoms with E-state index in [4.69, 9.17) is 5.73 Å². The highest BCUT2D eigenvalue weighted by molar-refractivity contribution is 9.10. The monoisotopic (exact) mass is 296 g/mol. The Kier molecular flexibility index (Phi) is 4.32. The highest BCUT2D eigenvalue weighted by Gasteiger charge is 2.20. The number of halogens is 1. The van der Waals surface area contributed by atoms with Crippen LogP contribution in [0.25, 0.3) is 0 Å². The van der Waals surface area contributed by atoms with Crippen molar-refractivity contribution in [1.82, 2.24) is 0 Å². The molecule has 2 unspecified atom stereocenters. The van der Waals surface area contributed by atoms with Crippen LogP contribution in [0.5, 0.6) is 0 Å². The first kappa shape index (κ1) is 12.7. The van der Waals surface area contributed by atoms with Gasteiger partial charge in [0.25, 0.3) is 0 Å². The molecule has 1 aromatic carbocycles. The Morgan fingerprint density at radius 3 is 2.82 bits per heavy atom. The van der Waals surface area contributed by atoms with E-state index < -0.39 is 0 Å². The van der Waals surface area contributed by atoms with Crippen LogP contribution in [0.2, 0.25) is 0 Å². The van der Waals surface area contributed by atoms with Gasteiger partial charge in [0, 0.05) is 10.5 Å². The molecule has 0 radical (unpaired) electrons. The van der Waals surface area contributed by atoms with E-state index in [9.17, 15) is 0 Å². The van der Waals surface area contributed by atoms with Crippen molar-refractivity contribution in [3.05, 3.63) is 22.7 Å². The number of nitrogens with one attached hydrogen (secondary N) is 1. The molecule has 94 valence electrons. The number of hydrogen-bond donors (Lipinski definition) is 2. The largest absolute Gasteiger partial charge is 0.397 e. The van der Waals surface area contributed by atoms with Gasteiger partial charge < -0.3 is 11.1 Å². The van der Waals surface area contributed by atoms with Crippen LogP contribution < -0.4 is 11.1 Å². The van der Waals surface area contributed by atoms with Gasteiger partial charge in [-0.15, -0.1) is 0 Å². The predicted molar refractivity (Wildman–Crippen MR) is 78.2 cm³/mol. The third-order valence-electron chi connectivity index (χ3n) is 3.72. The smallest absolute Gasteiger partial charge is 0.0587 e. The molecule has 0 aromatic heterocycles. The van der Waals surface area contributed by atoms with E-state index in [-0.39, 0.29) is 0 Å². The molecule has 3 heteroatoms. The molecule has 0 amide bonds. The third-order valence-corrected chi connectivity index (χ3v) is 4.21. The van der Waals surface area contributed by atoms with Crippen LogP contribution in [-0.4, -0.2) is 6.04 Å². The summed E-state index contributed by atoms with van der Waals surface area (Å²) in [6.07, 6.45) is 6.65. The van der Waals surface area contributed by atoms with Crippen LogP contribution in [0.3, 0.4) is 0 Å². The molecule has 0 aliphatic heterocycles. The molecule has 2 nitrogen and oxygen atoms in total. The summed E-state index contributed by atoms with van der Waals surface area (Å²) in [5.74, 6) is 0.732. The van der Waals surface area contributed by atoms with Crippen molar-refractivity contribution in [2.45, 2.75) is 45.1 Å². The molecule has 0 heterocycles. The average Bonchev–Trinajstić information content (AvgIpc) is 2.50. The first-order valence-electron chi connectivity index (χ1n) is 6.48. The summed E-state index contributed by atoms with van der Waals surface area (Å²) in [6, 6.07) is 6.58. The fourth-order valence-electron chi connectivity index (χ4n) is 2.56. The summed E-state index contributed by atoms with van der Waals surface area (Å²) in [5, 5.41) is 3.62. The normalized spacial score (nSPS) is 25.3. The van der Waals surface area contributed by atoms with Gasteiger partial charge in [-0.2, -0.15) is 0 Å². The Morgan fingerprint density at radius 1 is 1.24 bits per heavy atom. The van der Waals surface area contributed by atoms with Crippen molar-refractivity contribution in [2.24, 2.45) is 5.92 Å². The summed E-state index contributed by atoms with van der Waals surface area (Å²) >= 11 is 3.50. The maximum Gasteiger partial charge on any atom is 0.0587 e. The highest BCUT2D eigenvalue weighted by Crippen LogP contribution is 2.29. The molecule has 1 fully saturated rings. The van der Waals surface area contributed by atoms with E-state index in [0.717, 1.165) is 21.8 Å². The third kappa shape index (κ3) is 3.38. The maximum atomic E-state index is 6.01. The van der Waals surface area contributed by atoms with Crippen molar-refractivity contribution < 1.29 is 0 Å². The molecular formula is C14H21BrN2. The van der Waals surface area contributed by atoms with Crippen LogP contribution in [0.15, 0.2) is 22.7 Å². The van der Waals surface area contributed by atoms with E-state index in [1.165, 1.54) is 32.1 Å². The Labute approximate surface area is 112 Å². The van der Waals surface area contributed by atoms with Gasteiger partial charge in [-0.1, -0.05) is 42.1 Å². The molecule has 2 rings (SSSR count). The number of nitrogens with two attached hydrogens (primary N) is 1. The number of benzene rings is 1. The van der Waals surface area contributed by atoms with Crippen LogP contribution in [0.4, 0.5) is 11.4 Å². The van der Waals surface area contributed by atoms with Crippen LogP contribution in [0.1, 0.15) is 39.0 Å². The molecule has 17 heavy (non-hydrogen) atoms. The van der Waals surface area contributed by atoms with Crippen LogP contribution >= 0.6 is 15.9 Å². The second kappa shape index (κ2) is 5.76. The molecule has 0 bridgehead atoms. The molecule has 1 aliphatic carbocycles. The molecule has 0 spiro atoms. The molecule has 1 saturated carbocycles. The van der Waals surface area contributed by atoms with Crippen molar-refractivity contribution in [1.29, 1.82) is 0 Å². The fourth-order valence-corrected chi connectivity index (χ4v) is 2.92. The second-order valence-corrected chi connectivity index (χ2v) is 6.01. The van der Waals surface area contributed by atoms with Crippen LogP contribution in [-0.2, 0) is 0 Å². The number of hydrogen-bond acceptors (Lipinski definition) is 2. The molecule has 2 atom stereocenters. The molecule has 0 saturated heterocycles. The predicted octanol–water partition coefficient (Wildman–Crippen LogP) is 4.41. The van der Waals surface area contributed by atoms with E-state index in [1.807, 2.05) is 12.1 Å². The quantitative estimate of drug-likeness (QED) is 0.626. The topological polar surface area (TPSA) is 38.0 Å². The van der Waals surface area contributed by atoms with Gasteiger partial charge in [-0.25, -0.2) is 0 Å². The second-order valence-electron chi connectivity index (χ2n) is 5.10. The van der Waals surface area contributed by atoms with Gasteiger partial charge in [0.1, 0.15) is 0 Å². The number of anilines is 2. The van der Waals surface area contributed by atoms with Crippen LogP contribution in [0, 0.1) is 5.92 Å². The van der Waals surface area contributed by atoms with E-state index >= 15 is 0 Å². The van der Waals surface area contributed by atoms with Crippen molar-refractivity contribution >= 4 is 27.3 Å². The molecule has 1 aromatic rings. The Balaban J connectivity index is 2.10. The van der Waals surface area contributed by atoms with E-state index in [0.29, 0.717) is 6.04 Å². The van der Waals surface area contributed by atoms with Crippen molar-refractivity contribution in [3.63, 3.8) is 0 Å². The lowest BCUT2D eigenvalue weighted by Gasteiger charge is -2.24. The van der Waals surface area contributed by atoms with E-state index in [2.05, 4.69) is 34.2 Å². The van der Waals surface area contributed by atoms with Gasteiger partial charge in [-0.05, 0) is 37.0 Å². The van der Waals surface area contributed by atoms with Gasteiger partial charge in [0.2, 0.25) is 0 Å². The Morgan fingerprint density at radius 2 is 2.00 bits per heavy atom. The fraction of sp³-hybridized carbons (Fsp3) is 0.571. The Bertz CT molecular complexity index is 378. The maximum absolute atomic E-state index is 6.01. The first-order valence-corrected chi connectivity index (χ1v) is 7.27. The summed E-state index contributed by atoms with van der Waals surface area (Å²) in [6.45, 7) is 2.34. The lowest BCUT2D eigenvalue weighted by atomic mass is 9.96. The summed E-state index contributed by atoms with van der Waals surface area (Å²) in [5.41, 5.74) is 7.91. The SMILES string of the molecule is CC1CCCCCC1Nc1cc(Br)ccc1N. The van der Waals surface area contributed by atoms with Gasteiger partial charge in [-0.3, -0.25) is 0 Å². The summed E-state index contributed by atoms with van der Waals surface area (Å²) < 4.78 is 1.08. The molecule has 3 N–H and O–H groups in total. The van der Waals surface area contributed by atoms with E-state index in [1.54, 1.807) is 0 Å². The average molecular weight is 297 g/mol. The molecule has 1 aliphatic rings. The van der Waals surface area contributed by atoms with Gasteiger partial charge in [0.05, 0.1) is 11.4 Å². The minimum absolute atomic E-state index is 0.564. The Hall–Kier alpha value is -0.700. The minimum atomic E-state index is 0.564. The van der Waals surface area contributed by atoms with Crippen molar-refractivity contribution in [3.8, 4) is 0 Å². The van der Waals surface area contributed by atoms with Gasteiger partial charge >= 0.3 is 0 Å². The number of rotatable bonds is 2. The van der Waals surface area contributed by atoms with Gasteiger partial charge in [0.15, 0.2) is 0 Å². The lowest BCUT2D eigenvalue weighted by molar-refractivity contribution is 0.457. The van der Waals surface area contributed by atoms with Crippen molar-refractivity contribution in [2.75, 3.05) is 11.1 Å². The first-order chi connectivity index (χ1) is 8.16. The zero-order chi connectivity index (χ0) is 12.3. The highest BCUT2D eigenvalue weighted by atomic mass is 79.9. The zero-order valence-electron chi connectivity index (χ0n) is 10.4. The summed E-state index contributed by atoms with van der Waals surface area (Å²) in [7, 11) is 0.